The summed E-state index contributed by atoms with van der Waals surface area (Å²) >= 11 is 3.45. The Kier molecular flexibility index (Phi) is 5.60. The molecule has 4 nitrogen and oxygen atoms in total. The lowest BCUT2D eigenvalue weighted by Gasteiger charge is -2.06. The first-order chi connectivity index (χ1) is 12.0. The van der Waals surface area contributed by atoms with Gasteiger partial charge in [-0.3, -0.25) is 4.79 Å². The van der Waals surface area contributed by atoms with Gasteiger partial charge < -0.3 is 10.1 Å². The Labute approximate surface area is 155 Å². The van der Waals surface area contributed by atoms with Crippen LogP contribution in [-0.4, -0.2) is 23.8 Å². The van der Waals surface area contributed by atoms with Crippen LogP contribution in [0, 0.1) is 5.92 Å². The van der Waals surface area contributed by atoms with E-state index in [1.54, 1.807) is 54.5 Å². The largest absolute Gasteiger partial charge is 0.497 e. The first-order valence-electron chi connectivity index (χ1n) is 8.04. The molecule has 2 aromatic carbocycles. The summed E-state index contributed by atoms with van der Waals surface area (Å²) in [7, 11) is 1.60. The monoisotopic (exact) mass is 372 g/mol. The molecule has 3 rings (SSSR count). The Balaban J connectivity index is 1.73. The summed E-state index contributed by atoms with van der Waals surface area (Å²) in [6.45, 7) is 4.40. The molecule has 1 heterocycles. The van der Waals surface area contributed by atoms with Crippen LogP contribution in [0.15, 0.2) is 46.8 Å². The molecule has 130 valence electrons. The zero-order valence-corrected chi connectivity index (χ0v) is 16.0. The smallest absolute Gasteiger partial charge is 0.255 e. The maximum atomic E-state index is 12.4. The molecule has 0 fully saturated rings. The zero-order chi connectivity index (χ0) is 17.8. The van der Waals surface area contributed by atoms with Gasteiger partial charge in [-0.25, -0.2) is 4.98 Å². The predicted octanol–water partition coefficient (Wildman–Crippen LogP) is 5.31. The average molecular weight is 373 g/mol. The fourth-order valence-corrected chi connectivity index (χ4v) is 4.31. The Morgan fingerprint density at radius 3 is 2.68 bits per heavy atom. The Hall–Kier alpha value is -2.05. The third kappa shape index (κ3) is 4.52. The third-order valence-electron chi connectivity index (χ3n) is 3.52. The van der Waals surface area contributed by atoms with Crippen molar-refractivity contribution in [3.8, 4) is 5.75 Å². The van der Waals surface area contributed by atoms with Gasteiger partial charge in [0, 0.05) is 17.0 Å². The average Bonchev–Trinajstić information content (AvgIpc) is 3.02. The summed E-state index contributed by atoms with van der Waals surface area (Å²) in [5, 5.41) is 2.94. The molecule has 0 bridgehead atoms. The van der Waals surface area contributed by atoms with E-state index in [1.165, 1.54) is 0 Å². The molecular formula is C19H20N2O2S2. The van der Waals surface area contributed by atoms with Crippen molar-refractivity contribution in [1.82, 2.24) is 4.98 Å². The summed E-state index contributed by atoms with van der Waals surface area (Å²) < 4.78 is 7.27. The zero-order valence-electron chi connectivity index (χ0n) is 14.4. The van der Waals surface area contributed by atoms with Crippen molar-refractivity contribution in [3.05, 3.63) is 48.0 Å². The summed E-state index contributed by atoms with van der Waals surface area (Å²) in [4.78, 5) is 17.0. The van der Waals surface area contributed by atoms with Crippen molar-refractivity contribution >= 4 is 44.9 Å². The minimum absolute atomic E-state index is 0.138. The van der Waals surface area contributed by atoms with Crippen LogP contribution >= 0.6 is 23.1 Å². The fraction of sp³-hybridized carbons (Fsp3) is 0.263. The van der Waals surface area contributed by atoms with E-state index < -0.39 is 0 Å². The number of aromatic nitrogens is 1. The number of ether oxygens (including phenoxy) is 1. The second-order valence-corrected chi connectivity index (χ2v) is 8.35. The van der Waals surface area contributed by atoms with Crippen LogP contribution < -0.4 is 10.1 Å². The van der Waals surface area contributed by atoms with Gasteiger partial charge in [0.1, 0.15) is 5.75 Å². The minimum atomic E-state index is -0.138. The van der Waals surface area contributed by atoms with Gasteiger partial charge in [-0.2, -0.15) is 0 Å². The molecule has 0 atom stereocenters. The van der Waals surface area contributed by atoms with Gasteiger partial charge >= 0.3 is 0 Å². The van der Waals surface area contributed by atoms with E-state index in [0.29, 0.717) is 11.5 Å². The first-order valence-corrected chi connectivity index (χ1v) is 9.84. The van der Waals surface area contributed by atoms with Gasteiger partial charge in [-0.15, -0.1) is 11.3 Å². The van der Waals surface area contributed by atoms with Crippen LogP contribution in [-0.2, 0) is 0 Å². The molecule has 3 aromatic rings. The number of anilines is 1. The maximum absolute atomic E-state index is 12.4. The highest BCUT2D eigenvalue weighted by Crippen LogP contribution is 2.32. The standard InChI is InChI=1S/C19H20N2O2S2/c1-12(2)11-24-19-21-16-9-6-14(10-17(16)25-19)20-18(22)13-4-7-15(23-3)8-5-13/h4-10,12H,11H2,1-3H3,(H,20,22). The lowest BCUT2D eigenvalue weighted by Crippen LogP contribution is -2.11. The number of rotatable bonds is 6. The van der Waals surface area contributed by atoms with Gasteiger partial charge in [-0.1, -0.05) is 25.6 Å². The molecule has 1 aromatic heterocycles. The molecule has 6 heteroatoms. The van der Waals surface area contributed by atoms with Crippen LogP contribution in [0.3, 0.4) is 0 Å². The topological polar surface area (TPSA) is 51.2 Å². The van der Waals surface area contributed by atoms with E-state index in [2.05, 4.69) is 24.1 Å². The fourth-order valence-electron chi connectivity index (χ4n) is 2.23. The number of nitrogens with zero attached hydrogens (tertiary/aromatic N) is 1. The van der Waals surface area contributed by atoms with Crippen molar-refractivity contribution < 1.29 is 9.53 Å². The van der Waals surface area contributed by atoms with Crippen molar-refractivity contribution in [3.63, 3.8) is 0 Å². The van der Waals surface area contributed by atoms with Crippen LogP contribution in [0.25, 0.3) is 10.2 Å². The molecule has 0 aliphatic heterocycles. The SMILES string of the molecule is COc1ccc(C(=O)Nc2ccc3nc(SCC(C)C)sc3c2)cc1. The number of thioether (sulfide) groups is 1. The molecule has 0 unspecified atom stereocenters. The lowest BCUT2D eigenvalue weighted by molar-refractivity contribution is 0.102. The summed E-state index contributed by atoms with van der Waals surface area (Å²) in [6.07, 6.45) is 0. The second kappa shape index (κ2) is 7.89. The summed E-state index contributed by atoms with van der Waals surface area (Å²) in [5.41, 5.74) is 2.34. The Morgan fingerprint density at radius 2 is 2.00 bits per heavy atom. The van der Waals surface area contributed by atoms with Crippen molar-refractivity contribution in [2.75, 3.05) is 18.2 Å². The predicted molar refractivity (Wildman–Crippen MR) is 106 cm³/mol. The third-order valence-corrected chi connectivity index (χ3v) is 6.11. The van der Waals surface area contributed by atoms with E-state index >= 15 is 0 Å². The number of carbonyl (C=O) groups is 1. The van der Waals surface area contributed by atoms with Crippen LogP contribution in [0.5, 0.6) is 5.75 Å². The number of fused-ring (bicyclic) bond motifs is 1. The molecular weight excluding hydrogens is 352 g/mol. The number of amides is 1. The normalized spacial score (nSPS) is 11.0. The first kappa shape index (κ1) is 17.8. The maximum Gasteiger partial charge on any atom is 0.255 e. The van der Waals surface area contributed by atoms with Gasteiger partial charge in [0.15, 0.2) is 4.34 Å². The highest BCUT2D eigenvalue weighted by Gasteiger charge is 2.09. The number of carbonyl (C=O) groups excluding carboxylic acids is 1. The van der Waals surface area contributed by atoms with Gasteiger partial charge in [0.25, 0.3) is 5.91 Å². The van der Waals surface area contributed by atoms with Gasteiger partial charge in [0.2, 0.25) is 0 Å². The number of hydrogen-bond donors (Lipinski definition) is 1. The summed E-state index contributed by atoms with van der Waals surface area (Å²) in [5.74, 6) is 2.28. The highest BCUT2D eigenvalue weighted by atomic mass is 32.2. The number of nitrogens with one attached hydrogen (secondary N) is 1. The quantitative estimate of drug-likeness (QED) is 0.596. The Morgan fingerprint density at radius 1 is 1.24 bits per heavy atom. The van der Waals surface area contributed by atoms with Crippen molar-refractivity contribution in [1.29, 1.82) is 0 Å². The molecule has 1 amide bonds. The van der Waals surface area contributed by atoms with E-state index in [4.69, 9.17) is 4.74 Å². The van der Waals surface area contributed by atoms with Crippen molar-refractivity contribution in [2.24, 2.45) is 5.92 Å². The van der Waals surface area contributed by atoms with E-state index in [1.807, 2.05) is 18.2 Å². The number of methoxy groups -OCH3 is 1. The second-order valence-electron chi connectivity index (χ2n) is 6.05. The molecule has 0 aliphatic carbocycles. The minimum Gasteiger partial charge on any atom is -0.497 e. The highest BCUT2D eigenvalue weighted by molar-refractivity contribution is 8.01. The molecule has 0 spiro atoms. The van der Waals surface area contributed by atoms with Crippen molar-refractivity contribution in [2.45, 2.75) is 18.2 Å². The molecule has 0 saturated carbocycles. The molecule has 0 aliphatic rings. The number of benzene rings is 2. The van der Waals surface area contributed by atoms with E-state index in [9.17, 15) is 4.79 Å². The Bertz CT molecular complexity index is 873. The lowest BCUT2D eigenvalue weighted by atomic mass is 10.2. The summed E-state index contributed by atoms with van der Waals surface area (Å²) in [6, 6.07) is 12.9. The van der Waals surface area contributed by atoms with E-state index in [0.717, 1.165) is 31.7 Å². The van der Waals surface area contributed by atoms with E-state index in [-0.39, 0.29) is 5.91 Å². The number of thiazole rings is 1. The van der Waals surface area contributed by atoms with Gasteiger partial charge in [-0.05, 0) is 48.4 Å². The van der Waals surface area contributed by atoms with Crippen LogP contribution in [0.1, 0.15) is 24.2 Å². The van der Waals surface area contributed by atoms with Gasteiger partial charge in [0.05, 0.1) is 17.3 Å². The molecule has 1 N–H and O–H groups in total. The van der Waals surface area contributed by atoms with Crippen LogP contribution in [0.2, 0.25) is 0 Å². The molecule has 0 saturated heterocycles. The molecule has 0 radical (unpaired) electrons. The number of hydrogen-bond acceptors (Lipinski definition) is 5. The van der Waals surface area contributed by atoms with Crippen LogP contribution in [0.4, 0.5) is 5.69 Å². The molecule has 25 heavy (non-hydrogen) atoms.